The SMILES string of the molecule is COc1cccn(CC(C)=O)c1=O. The number of methoxy groups -OCH3 is 1. The molecule has 0 radical (unpaired) electrons. The average molecular weight is 181 g/mol. The van der Waals surface area contributed by atoms with Gasteiger partial charge in [-0.2, -0.15) is 0 Å². The summed E-state index contributed by atoms with van der Waals surface area (Å²) >= 11 is 0. The summed E-state index contributed by atoms with van der Waals surface area (Å²) in [5.74, 6) is 0.194. The van der Waals surface area contributed by atoms with Gasteiger partial charge in [0.25, 0.3) is 5.56 Å². The highest BCUT2D eigenvalue weighted by Gasteiger charge is 2.03. The lowest BCUT2D eigenvalue weighted by molar-refractivity contribution is -0.117. The van der Waals surface area contributed by atoms with Crippen LogP contribution in [0.2, 0.25) is 0 Å². The van der Waals surface area contributed by atoms with E-state index in [1.807, 2.05) is 0 Å². The largest absolute Gasteiger partial charge is 0.491 e. The van der Waals surface area contributed by atoms with Crippen LogP contribution in [0.25, 0.3) is 0 Å². The highest BCUT2D eigenvalue weighted by atomic mass is 16.5. The van der Waals surface area contributed by atoms with E-state index in [0.717, 1.165) is 0 Å². The summed E-state index contributed by atoms with van der Waals surface area (Å²) in [7, 11) is 1.43. The Morgan fingerprint density at radius 3 is 2.85 bits per heavy atom. The molecule has 4 nitrogen and oxygen atoms in total. The van der Waals surface area contributed by atoms with Crippen LogP contribution in [0.4, 0.5) is 0 Å². The van der Waals surface area contributed by atoms with Crippen LogP contribution in [0.15, 0.2) is 23.1 Å². The number of nitrogens with zero attached hydrogens (tertiary/aromatic N) is 1. The van der Waals surface area contributed by atoms with E-state index >= 15 is 0 Å². The molecule has 0 unspecified atom stereocenters. The molecule has 1 heterocycles. The van der Waals surface area contributed by atoms with Gasteiger partial charge in [-0.05, 0) is 19.1 Å². The molecular weight excluding hydrogens is 170 g/mol. The molecule has 4 heteroatoms. The first kappa shape index (κ1) is 9.51. The van der Waals surface area contributed by atoms with Gasteiger partial charge < -0.3 is 9.30 Å². The third-order valence-corrected chi connectivity index (χ3v) is 1.60. The van der Waals surface area contributed by atoms with Crippen molar-refractivity contribution in [2.45, 2.75) is 13.5 Å². The van der Waals surface area contributed by atoms with E-state index in [1.54, 1.807) is 18.3 Å². The first-order chi connectivity index (χ1) is 6.15. The van der Waals surface area contributed by atoms with Crippen LogP contribution < -0.4 is 10.3 Å². The minimum Gasteiger partial charge on any atom is -0.491 e. The summed E-state index contributed by atoms with van der Waals surface area (Å²) in [6, 6.07) is 3.24. The number of carbonyl (C=O) groups excluding carboxylic acids is 1. The summed E-state index contributed by atoms with van der Waals surface area (Å²) in [6.07, 6.45) is 1.56. The van der Waals surface area contributed by atoms with Gasteiger partial charge >= 0.3 is 0 Å². The third-order valence-electron chi connectivity index (χ3n) is 1.60. The molecule has 0 amide bonds. The number of carbonyl (C=O) groups is 1. The maximum atomic E-state index is 11.4. The molecule has 0 aliphatic rings. The Morgan fingerprint density at radius 1 is 1.62 bits per heavy atom. The number of hydrogen-bond donors (Lipinski definition) is 0. The van der Waals surface area contributed by atoms with E-state index < -0.39 is 0 Å². The van der Waals surface area contributed by atoms with Crippen molar-refractivity contribution in [3.8, 4) is 5.75 Å². The Bertz CT molecular complexity index is 367. The zero-order valence-corrected chi connectivity index (χ0v) is 7.61. The second-order valence-corrected chi connectivity index (χ2v) is 2.71. The molecule has 0 saturated carbocycles. The molecule has 0 fully saturated rings. The van der Waals surface area contributed by atoms with Gasteiger partial charge in [-0.3, -0.25) is 9.59 Å². The van der Waals surface area contributed by atoms with Gasteiger partial charge in [-0.15, -0.1) is 0 Å². The Hall–Kier alpha value is -1.58. The van der Waals surface area contributed by atoms with Crippen molar-refractivity contribution in [2.24, 2.45) is 0 Å². The molecule has 13 heavy (non-hydrogen) atoms. The second kappa shape index (κ2) is 3.89. The fourth-order valence-electron chi connectivity index (χ4n) is 1.03. The lowest BCUT2D eigenvalue weighted by atomic mass is 10.4. The number of pyridine rings is 1. The summed E-state index contributed by atoms with van der Waals surface area (Å²) in [5, 5.41) is 0. The lowest BCUT2D eigenvalue weighted by Crippen LogP contribution is -2.23. The minimum atomic E-state index is -0.278. The normalized spacial score (nSPS) is 9.69. The van der Waals surface area contributed by atoms with E-state index in [-0.39, 0.29) is 23.6 Å². The topological polar surface area (TPSA) is 48.3 Å². The van der Waals surface area contributed by atoms with Crippen molar-refractivity contribution in [3.05, 3.63) is 28.7 Å². The van der Waals surface area contributed by atoms with Crippen molar-refractivity contribution in [2.75, 3.05) is 7.11 Å². The first-order valence-corrected chi connectivity index (χ1v) is 3.88. The molecule has 0 aliphatic heterocycles. The number of ketones is 1. The van der Waals surface area contributed by atoms with Crippen LogP contribution in [0.3, 0.4) is 0 Å². The summed E-state index contributed by atoms with van der Waals surface area (Å²) in [5.41, 5.74) is -0.278. The highest BCUT2D eigenvalue weighted by molar-refractivity contribution is 5.75. The van der Waals surface area contributed by atoms with Crippen LogP contribution in [0.5, 0.6) is 5.75 Å². The minimum absolute atomic E-state index is 0.0599. The van der Waals surface area contributed by atoms with Crippen LogP contribution >= 0.6 is 0 Å². The Morgan fingerprint density at radius 2 is 2.31 bits per heavy atom. The highest BCUT2D eigenvalue weighted by Crippen LogP contribution is 1.99. The Balaban J connectivity index is 3.09. The van der Waals surface area contributed by atoms with Crippen molar-refractivity contribution in [1.29, 1.82) is 0 Å². The number of hydrogen-bond acceptors (Lipinski definition) is 3. The standard InChI is InChI=1S/C9H11NO3/c1-7(11)6-10-5-3-4-8(13-2)9(10)12/h3-5H,6H2,1-2H3. The molecule has 0 aromatic carbocycles. The third kappa shape index (κ3) is 2.18. The molecule has 0 saturated heterocycles. The van der Waals surface area contributed by atoms with Gasteiger partial charge in [0, 0.05) is 6.20 Å². The second-order valence-electron chi connectivity index (χ2n) is 2.71. The predicted molar refractivity (Wildman–Crippen MR) is 47.9 cm³/mol. The molecule has 1 aromatic heterocycles. The van der Waals surface area contributed by atoms with Crippen LogP contribution in [-0.2, 0) is 11.3 Å². The Kier molecular flexibility index (Phi) is 2.84. The average Bonchev–Trinajstić information content (AvgIpc) is 2.08. The van der Waals surface area contributed by atoms with Crippen molar-refractivity contribution in [1.82, 2.24) is 4.57 Å². The zero-order chi connectivity index (χ0) is 9.84. The van der Waals surface area contributed by atoms with Crippen LogP contribution in [0.1, 0.15) is 6.92 Å². The van der Waals surface area contributed by atoms with E-state index in [4.69, 9.17) is 4.74 Å². The van der Waals surface area contributed by atoms with Crippen molar-refractivity contribution < 1.29 is 9.53 Å². The summed E-state index contributed by atoms with van der Waals surface area (Å²) in [6.45, 7) is 1.53. The van der Waals surface area contributed by atoms with Crippen molar-refractivity contribution in [3.63, 3.8) is 0 Å². The number of ether oxygens (including phenoxy) is 1. The smallest absolute Gasteiger partial charge is 0.293 e. The van der Waals surface area contributed by atoms with E-state index in [0.29, 0.717) is 0 Å². The van der Waals surface area contributed by atoms with Gasteiger partial charge in [-0.25, -0.2) is 0 Å². The van der Waals surface area contributed by atoms with Gasteiger partial charge in [0.05, 0.1) is 13.7 Å². The predicted octanol–water partition coefficient (Wildman–Crippen LogP) is 0.446. The molecular formula is C9H11NO3. The van der Waals surface area contributed by atoms with Gasteiger partial charge in [0.1, 0.15) is 5.78 Å². The van der Waals surface area contributed by atoms with E-state index in [2.05, 4.69) is 0 Å². The maximum Gasteiger partial charge on any atom is 0.293 e. The number of Topliss-reactive ketones (excluding diaryl/α,β-unsaturated/α-hetero) is 1. The lowest BCUT2D eigenvalue weighted by Gasteiger charge is -2.04. The molecule has 1 aromatic rings. The zero-order valence-electron chi connectivity index (χ0n) is 7.61. The quantitative estimate of drug-likeness (QED) is 0.680. The van der Waals surface area contributed by atoms with Crippen molar-refractivity contribution >= 4 is 5.78 Å². The van der Waals surface area contributed by atoms with E-state index in [1.165, 1.54) is 18.6 Å². The Labute approximate surface area is 75.8 Å². The molecule has 0 aliphatic carbocycles. The van der Waals surface area contributed by atoms with Gasteiger partial charge in [-0.1, -0.05) is 0 Å². The maximum absolute atomic E-state index is 11.4. The van der Waals surface area contributed by atoms with Crippen LogP contribution in [-0.4, -0.2) is 17.5 Å². The van der Waals surface area contributed by atoms with Gasteiger partial charge in [0.2, 0.25) is 0 Å². The summed E-state index contributed by atoms with van der Waals surface area (Å²) < 4.78 is 6.14. The molecule has 0 bridgehead atoms. The summed E-state index contributed by atoms with van der Waals surface area (Å²) in [4.78, 5) is 22.2. The van der Waals surface area contributed by atoms with Gasteiger partial charge in [0.15, 0.2) is 5.75 Å². The fourth-order valence-corrected chi connectivity index (χ4v) is 1.03. The van der Waals surface area contributed by atoms with E-state index in [9.17, 15) is 9.59 Å². The number of rotatable bonds is 3. The first-order valence-electron chi connectivity index (χ1n) is 3.88. The van der Waals surface area contributed by atoms with Crippen LogP contribution in [0, 0.1) is 0 Å². The fraction of sp³-hybridized carbons (Fsp3) is 0.333. The molecule has 0 atom stereocenters. The molecule has 70 valence electrons. The molecule has 1 rings (SSSR count). The monoisotopic (exact) mass is 181 g/mol. The number of aromatic nitrogens is 1. The molecule has 0 N–H and O–H groups in total. The molecule has 0 spiro atoms.